The smallest absolute Gasteiger partial charge is 0.270 e. The van der Waals surface area contributed by atoms with E-state index in [4.69, 9.17) is 12.2 Å². The van der Waals surface area contributed by atoms with E-state index >= 15 is 0 Å². The van der Waals surface area contributed by atoms with E-state index < -0.39 is 11.8 Å². The van der Waals surface area contributed by atoms with Crippen molar-refractivity contribution in [3.8, 4) is 0 Å². The summed E-state index contributed by atoms with van der Waals surface area (Å²) in [6.07, 6.45) is 2.76. The highest BCUT2D eigenvalue weighted by molar-refractivity contribution is 7.80. The number of fused-ring (bicyclic) bond motifs is 1. The van der Waals surface area contributed by atoms with E-state index in [1.54, 1.807) is 6.08 Å². The second kappa shape index (κ2) is 8.66. The van der Waals surface area contributed by atoms with Crippen molar-refractivity contribution in [3.63, 3.8) is 0 Å². The molecule has 0 aliphatic carbocycles. The Morgan fingerprint density at radius 2 is 1.79 bits per heavy atom. The minimum atomic E-state index is -0.462. The molecule has 0 spiro atoms. The molecule has 5 nitrogen and oxygen atoms in total. The maximum Gasteiger partial charge on any atom is 0.270 e. The van der Waals surface area contributed by atoms with Gasteiger partial charge in [-0.3, -0.25) is 19.8 Å². The molecule has 4 rings (SSSR count). The molecule has 0 saturated carbocycles. The Bertz CT molecular complexity index is 1240. The third-order valence-corrected chi connectivity index (χ3v) is 7.52. The topological polar surface area (TPSA) is 52.7 Å². The first-order chi connectivity index (χ1) is 15.9. The highest BCUT2D eigenvalue weighted by atomic mass is 32.1. The zero-order valence-corrected chi connectivity index (χ0v) is 21.9. The predicted octanol–water partition coefficient (Wildman–Crippen LogP) is 5.56. The molecule has 0 aromatic heterocycles. The first kappa shape index (κ1) is 24.1. The first-order valence-corrected chi connectivity index (χ1v) is 12.3. The number of rotatable bonds is 3. The normalized spacial score (nSPS) is 21.1. The highest BCUT2D eigenvalue weighted by Crippen LogP contribution is 2.44. The largest absolute Gasteiger partial charge is 0.366 e. The molecule has 2 aliphatic heterocycles. The van der Waals surface area contributed by atoms with Crippen molar-refractivity contribution >= 4 is 46.6 Å². The maximum absolute atomic E-state index is 13.5. The first-order valence-electron chi connectivity index (χ1n) is 11.9. The van der Waals surface area contributed by atoms with Gasteiger partial charge in [0.2, 0.25) is 0 Å². The van der Waals surface area contributed by atoms with Crippen LogP contribution in [0.15, 0.2) is 35.9 Å². The van der Waals surface area contributed by atoms with E-state index in [0.717, 1.165) is 35.2 Å². The Labute approximate surface area is 207 Å². The number of carbonyl (C=O) groups excluding carboxylic acids is 2. The molecule has 2 heterocycles. The van der Waals surface area contributed by atoms with Gasteiger partial charge in [0, 0.05) is 17.8 Å². The van der Waals surface area contributed by atoms with Crippen LogP contribution in [0.4, 0.5) is 11.4 Å². The molecule has 0 bridgehead atoms. The molecule has 1 saturated heterocycles. The number of nitrogens with zero attached hydrogens (tertiary/aromatic N) is 2. The Morgan fingerprint density at radius 1 is 1.09 bits per heavy atom. The van der Waals surface area contributed by atoms with E-state index in [2.05, 4.69) is 50.0 Å². The standard InChI is InChI=1S/C28H33N3O2S/c1-8-30-24-12-18(4)20(13-22(24)19(5)15-28(30,6)7)14-23-25(32)29-27(34)31(26(23)33)21-10-9-16(2)17(3)11-21/h9-14,19H,8,15H2,1-7H3,(H,29,32,34)/b23-14+/t19-/m0/s1. The van der Waals surface area contributed by atoms with Gasteiger partial charge in [0.15, 0.2) is 5.11 Å². The van der Waals surface area contributed by atoms with Crippen molar-refractivity contribution in [1.82, 2.24) is 5.32 Å². The van der Waals surface area contributed by atoms with Crippen LogP contribution in [-0.2, 0) is 9.59 Å². The van der Waals surface area contributed by atoms with Crippen LogP contribution >= 0.6 is 12.2 Å². The second-order valence-electron chi connectivity index (χ2n) is 10.2. The Hall–Kier alpha value is -2.99. The lowest BCUT2D eigenvalue weighted by Crippen LogP contribution is -2.54. The van der Waals surface area contributed by atoms with Gasteiger partial charge in [0.25, 0.3) is 11.8 Å². The zero-order valence-electron chi connectivity index (χ0n) is 21.1. The van der Waals surface area contributed by atoms with E-state index in [-0.39, 0.29) is 16.2 Å². The summed E-state index contributed by atoms with van der Waals surface area (Å²) in [6.45, 7) is 16.0. The van der Waals surface area contributed by atoms with E-state index in [9.17, 15) is 9.59 Å². The number of hydrogen-bond donors (Lipinski definition) is 1. The van der Waals surface area contributed by atoms with Gasteiger partial charge in [0.05, 0.1) is 5.69 Å². The Kier molecular flexibility index (Phi) is 6.15. The summed E-state index contributed by atoms with van der Waals surface area (Å²) in [6, 6.07) is 10.1. The molecule has 34 heavy (non-hydrogen) atoms. The maximum atomic E-state index is 13.5. The third-order valence-electron chi connectivity index (χ3n) is 7.24. The number of amides is 2. The van der Waals surface area contributed by atoms with Gasteiger partial charge in [-0.25, -0.2) is 0 Å². The number of thiocarbonyl (C=S) groups is 1. The van der Waals surface area contributed by atoms with Crippen LogP contribution in [0.1, 0.15) is 67.9 Å². The summed E-state index contributed by atoms with van der Waals surface area (Å²) in [4.78, 5) is 30.2. The molecule has 2 aromatic rings. The monoisotopic (exact) mass is 475 g/mol. The Balaban J connectivity index is 1.78. The van der Waals surface area contributed by atoms with Crippen LogP contribution in [0.3, 0.4) is 0 Å². The molecule has 1 N–H and O–H groups in total. The molecule has 1 atom stereocenters. The summed E-state index contributed by atoms with van der Waals surface area (Å²) in [7, 11) is 0. The number of aryl methyl sites for hydroxylation is 3. The quantitative estimate of drug-likeness (QED) is 0.359. The molecule has 6 heteroatoms. The molecule has 2 aliphatic rings. The number of hydrogen-bond acceptors (Lipinski definition) is 4. The summed E-state index contributed by atoms with van der Waals surface area (Å²) >= 11 is 5.37. The number of benzene rings is 2. The van der Waals surface area contributed by atoms with Crippen LogP contribution in [0, 0.1) is 20.8 Å². The van der Waals surface area contributed by atoms with Crippen molar-refractivity contribution in [2.24, 2.45) is 0 Å². The van der Waals surface area contributed by atoms with Crippen molar-refractivity contribution in [3.05, 3.63) is 63.7 Å². The second-order valence-corrected chi connectivity index (χ2v) is 10.5. The number of carbonyl (C=O) groups is 2. The average Bonchev–Trinajstić information content (AvgIpc) is 2.73. The molecule has 2 aromatic carbocycles. The van der Waals surface area contributed by atoms with Gasteiger partial charge in [-0.1, -0.05) is 13.0 Å². The molecular formula is C28H33N3O2S. The summed E-state index contributed by atoms with van der Waals surface area (Å²) in [5, 5.41) is 2.80. The molecule has 0 radical (unpaired) electrons. The Morgan fingerprint density at radius 3 is 2.44 bits per heavy atom. The van der Waals surface area contributed by atoms with Crippen molar-refractivity contribution in [1.29, 1.82) is 0 Å². The lowest BCUT2D eigenvalue weighted by Gasteiger charge is -2.47. The minimum absolute atomic E-state index is 0.0785. The van der Waals surface area contributed by atoms with Crippen LogP contribution in [-0.4, -0.2) is 29.0 Å². The molecular weight excluding hydrogens is 442 g/mol. The van der Waals surface area contributed by atoms with Crippen molar-refractivity contribution in [2.45, 2.75) is 66.3 Å². The fourth-order valence-corrected chi connectivity index (χ4v) is 5.60. The van der Waals surface area contributed by atoms with Crippen molar-refractivity contribution < 1.29 is 9.59 Å². The van der Waals surface area contributed by atoms with Crippen LogP contribution in [0.25, 0.3) is 6.08 Å². The van der Waals surface area contributed by atoms with Gasteiger partial charge in [0.1, 0.15) is 5.57 Å². The van der Waals surface area contributed by atoms with Gasteiger partial charge < -0.3 is 4.90 Å². The van der Waals surface area contributed by atoms with Crippen LogP contribution in [0.2, 0.25) is 0 Å². The van der Waals surface area contributed by atoms with E-state index in [1.807, 2.05) is 39.0 Å². The SMILES string of the molecule is CCN1c2cc(C)c(/C=C3\C(=O)NC(=S)N(c4ccc(C)c(C)c4)C3=O)cc2[C@@H](C)CC1(C)C. The number of anilines is 2. The molecule has 1 fully saturated rings. The molecule has 2 amide bonds. The molecule has 178 valence electrons. The minimum Gasteiger partial charge on any atom is -0.366 e. The van der Waals surface area contributed by atoms with Gasteiger partial charge in [-0.15, -0.1) is 0 Å². The van der Waals surface area contributed by atoms with Crippen LogP contribution in [0.5, 0.6) is 0 Å². The summed E-state index contributed by atoms with van der Waals surface area (Å²) < 4.78 is 0. The van der Waals surface area contributed by atoms with E-state index in [1.165, 1.54) is 16.2 Å². The lowest BCUT2D eigenvalue weighted by atomic mass is 9.79. The lowest BCUT2D eigenvalue weighted by molar-refractivity contribution is -0.122. The fourth-order valence-electron chi connectivity index (χ4n) is 5.32. The molecule has 0 unspecified atom stereocenters. The van der Waals surface area contributed by atoms with E-state index in [0.29, 0.717) is 11.6 Å². The third kappa shape index (κ3) is 4.05. The van der Waals surface area contributed by atoms with Gasteiger partial charge >= 0.3 is 0 Å². The zero-order chi connectivity index (χ0) is 24.9. The van der Waals surface area contributed by atoms with Crippen molar-refractivity contribution in [2.75, 3.05) is 16.3 Å². The summed E-state index contributed by atoms with van der Waals surface area (Å²) in [5.74, 6) is -0.490. The predicted molar refractivity (Wildman–Crippen MR) is 143 cm³/mol. The van der Waals surface area contributed by atoms with Gasteiger partial charge in [-0.2, -0.15) is 0 Å². The average molecular weight is 476 g/mol. The van der Waals surface area contributed by atoms with Crippen LogP contribution < -0.4 is 15.1 Å². The summed E-state index contributed by atoms with van der Waals surface area (Å²) in [5.41, 5.74) is 7.41. The number of nitrogens with one attached hydrogen (secondary N) is 1. The van der Waals surface area contributed by atoms with Gasteiger partial charge in [-0.05, 0) is 124 Å². The fraction of sp³-hybridized carbons (Fsp3) is 0.393. The highest BCUT2D eigenvalue weighted by Gasteiger charge is 2.37.